The molecule has 1 aliphatic heterocycles. The molecular formula is C18H27F3N2. The Bertz CT molecular complexity index is 462. The first kappa shape index (κ1) is 18.3. The summed E-state index contributed by atoms with van der Waals surface area (Å²) >= 11 is 0. The average Bonchev–Trinajstić information content (AvgIpc) is 2.99. The molecule has 1 aliphatic carbocycles. The molecule has 2 nitrogen and oxygen atoms in total. The second-order valence-corrected chi connectivity index (χ2v) is 6.54. The van der Waals surface area contributed by atoms with Gasteiger partial charge in [0.1, 0.15) is 0 Å². The monoisotopic (exact) mass is 328 g/mol. The zero-order chi connectivity index (χ0) is 16.7. The van der Waals surface area contributed by atoms with Gasteiger partial charge in [0.25, 0.3) is 0 Å². The van der Waals surface area contributed by atoms with Gasteiger partial charge in [-0.2, -0.15) is 13.2 Å². The van der Waals surface area contributed by atoms with Crippen molar-refractivity contribution in [3.63, 3.8) is 0 Å². The van der Waals surface area contributed by atoms with Crippen LogP contribution in [-0.4, -0.2) is 24.0 Å². The van der Waals surface area contributed by atoms with E-state index < -0.39 is 11.7 Å². The average molecular weight is 328 g/mol. The van der Waals surface area contributed by atoms with Crippen LogP contribution in [0.2, 0.25) is 0 Å². The third-order valence-corrected chi connectivity index (χ3v) is 4.57. The van der Waals surface area contributed by atoms with E-state index in [9.17, 15) is 13.2 Å². The van der Waals surface area contributed by atoms with Gasteiger partial charge in [0.2, 0.25) is 0 Å². The van der Waals surface area contributed by atoms with Crippen LogP contribution in [0.1, 0.15) is 56.1 Å². The van der Waals surface area contributed by atoms with Gasteiger partial charge in [0, 0.05) is 12.6 Å². The number of hydrogen-bond acceptors (Lipinski definition) is 2. The molecule has 0 bridgehead atoms. The fourth-order valence-electron chi connectivity index (χ4n) is 3.25. The van der Waals surface area contributed by atoms with Crippen molar-refractivity contribution in [2.24, 2.45) is 5.73 Å². The summed E-state index contributed by atoms with van der Waals surface area (Å²) in [6.07, 6.45) is 4.38. The molecule has 0 aromatic heterocycles. The van der Waals surface area contributed by atoms with Crippen molar-refractivity contribution in [2.45, 2.75) is 63.7 Å². The Morgan fingerprint density at radius 1 is 0.957 bits per heavy atom. The number of nitrogens with two attached hydrogens (primary N) is 1. The van der Waals surface area contributed by atoms with Crippen molar-refractivity contribution < 1.29 is 13.2 Å². The summed E-state index contributed by atoms with van der Waals surface area (Å²) in [6, 6.07) is 6.42. The van der Waals surface area contributed by atoms with Crippen LogP contribution in [0.5, 0.6) is 0 Å². The summed E-state index contributed by atoms with van der Waals surface area (Å²) in [7, 11) is 0. The zero-order valence-corrected chi connectivity index (χ0v) is 13.6. The molecule has 0 unspecified atom stereocenters. The maximum atomic E-state index is 12.8. The van der Waals surface area contributed by atoms with E-state index in [1.807, 2.05) is 0 Å². The third-order valence-electron chi connectivity index (χ3n) is 4.57. The highest BCUT2D eigenvalue weighted by atomic mass is 19.4. The lowest BCUT2D eigenvalue weighted by atomic mass is 10.0. The Hall–Kier alpha value is -1.07. The normalized spacial score (nSPS) is 20.2. The van der Waals surface area contributed by atoms with Crippen LogP contribution in [0.25, 0.3) is 0 Å². The number of piperidine rings is 1. The van der Waals surface area contributed by atoms with Crippen LogP contribution >= 0.6 is 0 Å². The molecular weight excluding hydrogens is 301 g/mol. The summed E-state index contributed by atoms with van der Waals surface area (Å²) in [5.41, 5.74) is 5.43. The fourth-order valence-corrected chi connectivity index (χ4v) is 3.25. The second kappa shape index (κ2) is 8.69. The molecule has 2 N–H and O–H groups in total. The molecule has 130 valence electrons. The molecule has 23 heavy (non-hydrogen) atoms. The Morgan fingerprint density at radius 3 is 2.09 bits per heavy atom. The second-order valence-electron chi connectivity index (χ2n) is 6.54. The molecule has 0 atom stereocenters. The lowest BCUT2D eigenvalue weighted by Gasteiger charge is -2.27. The first-order chi connectivity index (χ1) is 11.0. The summed E-state index contributed by atoms with van der Waals surface area (Å²) in [5.74, 6) is 0. The van der Waals surface area contributed by atoms with E-state index in [1.54, 1.807) is 12.1 Å². The Morgan fingerprint density at radius 2 is 1.57 bits per heavy atom. The Labute approximate surface area is 136 Å². The van der Waals surface area contributed by atoms with Gasteiger partial charge in [-0.1, -0.05) is 37.5 Å². The van der Waals surface area contributed by atoms with Crippen molar-refractivity contribution in [3.05, 3.63) is 35.4 Å². The maximum Gasteiger partial charge on any atom is 0.416 e. The van der Waals surface area contributed by atoms with Gasteiger partial charge in [0.15, 0.2) is 0 Å². The van der Waals surface area contributed by atoms with Crippen LogP contribution in [-0.2, 0) is 12.7 Å². The number of nitrogens with zero attached hydrogens (tertiary/aromatic N) is 1. The first-order valence-corrected chi connectivity index (χ1v) is 8.60. The molecule has 1 aromatic rings. The van der Waals surface area contributed by atoms with Gasteiger partial charge in [-0.15, -0.1) is 0 Å². The fraction of sp³-hybridized carbons (Fsp3) is 0.667. The van der Waals surface area contributed by atoms with Crippen molar-refractivity contribution in [1.82, 2.24) is 4.90 Å². The maximum absolute atomic E-state index is 12.8. The molecule has 0 amide bonds. The van der Waals surface area contributed by atoms with Crippen molar-refractivity contribution >= 4 is 0 Å². The highest BCUT2D eigenvalue weighted by molar-refractivity contribution is 5.29. The number of halogens is 3. The van der Waals surface area contributed by atoms with Gasteiger partial charge in [0.05, 0.1) is 5.56 Å². The number of alkyl halides is 3. The molecule has 1 saturated heterocycles. The van der Waals surface area contributed by atoms with Crippen molar-refractivity contribution in [1.29, 1.82) is 0 Å². The van der Waals surface area contributed by atoms with Gasteiger partial charge in [-0.25, -0.2) is 0 Å². The molecule has 0 radical (unpaired) electrons. The number of hydrogen-bond donors (Lipinski definition) is 1. The van der Waals surface area contributed by atoms with Gasteiger partial charge in [-0.3, -0.25) is 4.90 Å². The summed E-state index contributed by atoms with van der Waals surface area (Å²) < 4.78 is 38.4. The molecule has 1 saturated carbocycles. The van der Waals surface area contributed by atoms with Crippen LogP contribution in [0.15, 0.2) is 24.3 Å². The lowest BCUT2D eigenvalue weighted by Crippen LogP contribution is -2.30. The van der Waals surface area contributed by atoms with Gasteiger partial charge >= 0.3 is 6.18 Å². The molecule has 0 spiro atoms. The lowest BCUT2D eigenvalue weighted by molar-refractivity contribution is -0.138. The minimum absolute atomic E-state index is 0.391. The minimum atomic E-state index is -4.24. The highest BCUT2D eigenvalue weighted by Crippen LogP contribution is 2.32. The number of benzene rings is 1. The smallest absolute Gasteiger partial charge is 0.328 e. The van der Waals surface area contributed by atoms with Crippen LogP contribution in [0, 0.1) is 0 Å². The zero-order valence-electron chi connectivity index (χ0n) is 13.6. The van der Waals surface area contributed by atoms with E-state index in [4.69, 9.17) is 5.73 Å². The van der Waals surface area contributed by atoms with Crippen molar-refractivity contribution in [3.8, 4) is 0 Å². The predicted octanol–water partition coefficient (Wildman–Crippen LogP) is 4.58. The largest absolute Gasteiger partial charge is 0.416 e. The molecule has 3 rings (SSSR count). The summed E-state index contributed by atoms with van der Waals surface area (Å²) in [6.45, 7) is 2.23. The van der Waals surface area contributed by atoms with Crippen LogP contribution in [0.4, 0.5) is 13.2 Å². The van der Waals surface area contributed by atoms with E-state index >= 15 is 0 Å². The number of likely N-dealkylation sites (tertiary alicyclic amines) is 1. The summed E-state index contributed by atoms with van der Waals surface area (Å²) in [5, 5.41) is 0. The predicted molar refractivity (Wildman–Crippen MR) is 87.0 cm³/mol. The quantitative estimate of drug-likeness (QED) is 0.861. The Kier molecular flexibility index (Phi) is 6.90. The molecule has 5 heteroatoms. The molecule has 2 aliphatic rings. The molecule has 1 heterocycles. The third kappa shape index (κ3) is 6.15. The minimum Gasteiger partial charge on any atom is -0.328 e. The molecule has 2 fully saturated rings. The van der Waals surface area contributed by atoms with E-state index in [-0.39, 0.29) is 0 Å². The van der Waals surface area contributed by atoms with E-state index in [2.05, 4.69) is 4.90 Å². The van der Waals surface area contributed by atoms with E-state index in [0.29, 0.717) is 18.2 Å². The Balaban J connectivity index is 0.000000268. The van der Waals surface area contributed by atoms with Gasteiger partial charge < -0.3 is 5.73 Å². The van der Waals surface area contributed by atoms with E-state index in [1.165, 1.54) is 44.2 Å². The SMILES string of the molecule is FC(F)(F)c1ccccc1CN1CCCCC1.NC1CCCC1. The summed E-state index contributed by atoms with van der Waals surface area (Å²) in [4.78, 5) is 2.11. The van der Waals surface area contributed by atoms with Crippen molar-refractivity contribution in [2.75, 3.05) is 13.1 Å². The topological polar surface area (TPSA) is 29.3 Å². The number of rotatable bonds is 2. The first-order valence-electron chi connectivity index (χ1n) is 8.60. The standard InChI is InChI=1S/C13H16F3N.C5H11N/c14-13(15,16)12-7-3-2-6-11(12)10-17-8-4-1-5-9-17;6-5-3-1-2-4-5/h2-3,6-7H,1,4-5,8-10H2;5H,1-4,6H2. The van der Waals surface area contributed by atoms with Gasteiger partial charge in [-0.05, 0) is 50.4 Å². The van der Waals surface area contributed by atoms with Crippen LogP contribution < -0.4 is 5.73 Å². The highest BCUT2D eigenvalue weighted by Gasteiger charge is 2.33. The molecule has 1 aromatic carbocycles. The van der Waals surface area contributed by atoms with E-state index in [0.717, 1.165) is 25.9 Å². The van der Waals surface area contributed by atoms with Crippen LogP contribution in [0.3, 0.4) is 0 Å².